The predicted octanol–water partition coefficient (Wildman–Crippen LogP) is 4.00. The maximum Gasteiger partial charge on any atom is 0.253 e. The van der Waals surface area contributed by atoms with Gasteiger partial charge in [-0.2, -0.15) is 0 Å². The molecule has 0 atom stereocenters. The fraction of sp³-hybridized carbons (Fsp3) is 0.273. The Morgan fingerprint density at radius 3 is 2.31 bits per heavy atom. The van der Waals surface area contributed by atoms with Crippen LogP contribution in [0.1, 0.15) is 34.7 Å². The first-order valence-corrected chi connectivity index (χ1v) is 8.77. The molecular weight excluding hydrogens is 324 g/mol. The maximum absolute atomic E-state index is 12.5. The molecule has 0 fully saturated rings. The molecule has 1 N–H and O–H groups in total. The molecule has 0 saturated heterocycles. The minimum Gasteiger partial charge on any atom is -0.334 e. The van der Waals surface area contributed by atoms with Gasteiger partial charge in [-0.15, -0.1) is 0 Å². The van der Waals surface area contributed by atoms with Gasteiger partial charge in [0.2, 0.25) is 5.91 Å². The summed E-state index contributed by atoms with van der Waals surface area (Å²) in [6.07, 6.45) is 0. The molecule has 0 saturated carbocycles. The number of benzene rings is 2. The number of rotatable bonds is 4. The molecule has 0 aliphatic heterocycles. The second kappa shape index (κ2) is 7.16. The van der Waals surface area contributed by atoms with Crippen molar-refractivity contribution in [3.05, 3.63) is 80.6 Å². The zero-order valence-corrected chi connectivity index (χ0v) is 15.7. The molecule has 1 amide bonds. The third-order valence-electron chi connectivity index (χ3n) is 4.69. The molecule has 3 aromatic rings. The second-order valence-electron chi connectivity index (χ2n) is 7.03. The number of aromatic amines is 1. The molecule has 1 heterocycles. The lowest BCUT2D eigenvalue weighted by molar-refractivity contribution is -0.130. The zero-order valence-electron chi connectivity index (χ0n) is 15.7. The van der Waals surface area contributed by atoms with E-state index < -0.39 is 0 Å². The molecule has 2 aromatic carbocycles. The first-order valence-electron chi connectivity index (χ1n) is 8.77. The molecule has 26 heavy (non-hydrogen) atoms. The molecule has 0 aliphatic rings. The monoisotopic (exact) mass is 348 g/mol. The highest BCUT2D eigenvalue weighted by Gasteiger charge is 2.14. The molecule has 1 aromatic heterocycles. The summed E-state index contributed by atoms with van der Waals surface area (Å²) in [5, 5.41) is 1.02. The van der Waals surface area contributed by atoms with Crippen LogP contribution in [0.15, 0.2) is 47.3 Å². The van der Waals surface area contributed by atoms with Crippen LogP contribution in [-0.4, -0.2) is 15.8 Å². The zero-order chi connectivity index (χ0) is 18.8. The Bertz CT molecular complexity index is 1020. The number of fused-ring (bicyclic) bond motifs is 1. The van der Waals surface area contributed by atoms with Crippen molar-refractivity contribution in [1.82, 2.24) is 9.88 Å². The molecule has 0 unspecified atom stereocenters. The molecule has 0 spiro atoms. The summed E-state index contributed by atoms with van der Waals surface area (Å²) < 4.78 is 0. The lowest BCUT2D eigenvalue weighted by atomic mass is 10.0. The lowest BCUT2D eigenvalue weighted by Gasteiger charge is -2.21. The number of amides is 1. The molecule has 4 heteroatoms. The Labute approximate surface area is 153 Å². The van der Waals surface area contributed by atoms with E-state index in [2.05, 4.69) is 11.1 Å². The Hall–Kier alpha value is -2.88. The average Bonchev–Trinajstić information content (AvgIpc) is 2.57. The van der Waals surface area contributed by atoms with Gasteiger partial charge < -0.3 is 9.88 Å². The molecule has 134 valence electrons. The summed E-state index contributed by atoms with van der Waals surface area (Å²) in [5.74, 6) is -0.0503. The van der Waals surface area contributed by atoms with Gasteiger partial charge in [-0.25, -0.2) is 0 Å². The third kappa shape index (κ3) is 3.85. The van der Waals surface area contributed by atoms with Gasteiger partial charge in [-0.3, -0.25) is 9.59 Å². The number of H-pyrrole nitrogens is 1. The highest BCUT2D eigenvalue weighted by Crippen LogP contribution is 2.19. The summed E-state index contributed by atoms with van der Waals surface area (Å²) in [6.45, 7) is 8.40. The number of aromatic nitrogens is 1. The first-order chi connectivity index (χ1) is 12.3. The van der Waals surface area contributed by atoms with E-state index in [1.54, 1.807) is 4.90 Å². The fourth-order valence-electron chi connectivity index (χ4n) is 3.23. The highest BCUT2D eigenvalue weighted by atomic mass is 16.2. The smallest absolute Gasteiger partial charge is 0.253 e. The van der Waals surface area contributed by atoms with Gasteiger partial charge in [-0.05, 0) is 49.6 Å². The normalized spacial score (nSPS) is 10.9. The molecule has 0 bridgehead atoms. The van der Waals surface area contributed by atoms with Crippen LogP contribution in [0.3, 0.4) is 0 Å². The van der Waals surface area contributed by atoms with Crippen LogP contribution in [-0.2, 0) is 17.9 Å². The molecule has 0 radical (unpaired) electrons. The van der Waals surface area contributed by atoms with Crippen molar-refractivity contribution in [2.75, 3.05) is 0 Å². The van der Waals surface area contributed by atoms with E-state index in [1.807, 2.05) is 57.2 Å². The largest absolute Gasteiger partial charge is 0.334 e. The number of hydrogen-bond acceptors (Lipinski definition) is 2. The summed E-state index contributed by atoms with van der Waals surface area (Å²) in [5.41, 5.74) is 5.76. The van der Waals surface area contributed by atoms with Crippen molar-refractivity contribution >= 4 is 16.8 Å². The van der Waals surface area contributed by atoms with E-state index in [0.29, 0.717) is 18.7 Å². The Morgan fingerprint density at radius 1 is 0.962 bits per heavy atom. The minimum absolute atomic E-state index is 0.0503. The Balaban J connectivity index is 1.94. The first kappa shape index (κ1) is 17.9. The quantitative estimate of drug-likeness (QED) is 0.775. The van der Waals surface area contributed by atoms with Crippen LogP contribution in [0.5, 0.6) is 0 Å². The number of carbonyl (C=O) groups excluding carboxylic acids is 1. The van der Waals surface area contributed by atoms with Gasteiger partial charge in [0.15, 0.2) is 0 Å². The number of nitrogens with one attached hydrogen (secondary N) is 1. The number of hydrogen-bond donors (Lipinski definition) is 1. The number of carbonyl (C=O) groups is 1. The van der Waals surface area contributed by atoms with Crippen molar-refractivity contribution in [3.63, 3.8) is 0 Å². The van der Waals surface area contributed by atoms with Crippen LogP contribution in [0.4, 0.5) is 0 Å². The standard InChI is InChI=1S/C22H24N2O2/c1-14-5-7-18(8-6-14)12-24(17(4)25)13-19-11-20-16(3)9-15(2)10-21(20)23-22(19)26/h5-11H,12-13H2,1-4H3,(H,23,26). The molecule has 3 rings (SSSR count). The van der Waals surface area contributed by atoms with E-state index in [9.17, 15) is 9.59 Å². The van der Waals surface area contributed by atoms with Crippen LogP contribution in [0.25, 0.3) is 10.9 Å². The van der Waals surface area contributed by atoms with E-state index in [4.69, 9.17) is 0 Å². The van der Waals surface area contributed by atoms with Gasteiger partial charge in [0, 0.05) is 29.9 Å². The van der Waals surface area contributed by atoms with Crippen molar-refractivity contribution in [2.24, 2.45) is 0 Å². The summed E-state index contributed by atoms with van der Waals surface area (Å²) in [7, 11) is 0. The molecule has 0 aliphatic carbocycles. The van der Waals surface area contributed by atoms with Gasteiger partial charge in [0.25, 0.3) is 5.56 Å². The molecular formula is C22H24N2O2. The van der Waals surface area contributed by atoms with Gasteiger partial charge in [0.05, 0.1) is 6.54 Å². The van der Waals surface area contributed by atoms with Crippen molar-refractivity contribution in [3.8, 4) is 0 Å². The number of nitrogens with zero attached hydrogens (tertiary/aromatic N) is 1. The van der Waals surface area contributed by atoms with E-state index >= 15 is 0 Å². The van der Waals surface area contributed by atoms with Gasteiger partial charge in [-0.1, -0.05) is 35.9 Å². The van der Waals surface area contributed by atoms with Gasteiger partial charge >= 0.3 is 0 Å². The van der Waals surface area contributed by atoms with E-state index in [0.717, 1.165) is 27.6 Å². The summed E-state index contributed by atoms with van der Waals surface area (Å²) in [4.78, 5) is 29.3. The maximum atomic E-state index is 12.5. The highest BCUT2D eigenvalue weighted by molar-refractivity contribution is 5.83. The number of pyridine rings is 1. The predicted molar refractivity (Wildman–Crippen MR) is 105 cm³/mol. The Morgan fingerprint density at radius 2 is 1.65 bits per heavy atom. The summed E-state index contributed by atoms with van der Waals surface area (Å²) >= 11 is 0. The minimum atomic E-state index is -0.141. The van der Waals surface area contributed by atoms with E-state index in [-0.39, 0.29) is 11.5 Å². The van der Waals surface area contributed by atoms with Gasteiger partial charge in [0.1, 0.15) is 0 Å². The van der Waals surface area contributed by atoms with Crippen molar-refractivity contribution in [1.29, 1.82) is 0 Å². The molecule has 4 nitrogen and oxygen atoms in total. The average molecular weight is 348 g/mol. The van der Waals surface area contributed by atoms with Crippen LogP contribution in [0.2, 0.25) is 0 Å². The van der Waals surface area contributed by atoms with E-state index in [1.165, 1.54) is 12.5 Å². The third-order valence-corrected chi connectivity index (χ3v) is 4.69. The summed E-state index contributed by atoms with van der Waals surface area (Å²) in [6, 6.07) is 14.1. The van der Waals surface area contributed by atoms with Crippen LogP contribution >= 0.6 is 0 Å². The SMILES string of the molecule is CC(=O)N(Cc1ccc(C)cc1)Cc1cc2c(C)cc(C)cc2[nH]c1=O. The van der Waals surface area contributed by atoms with Crippen LogP contribution < -0.4 is 5.56 Å². The number of aryl methyl sites for hydroxylation is 3. The van der Waals surface area contributed by atoms with Crippen LogP contribution in [0, 0.1) is 20.8 Å². The fourth-order valence-corrected chi connectivity index (χ4v) is 3.23. The second-order valence-corrected chi connectivity index (χ2v) is 7.03. The lowest BCUT2D eigenvalue weighted by Crippen LogP contribution is -2.30. The van der Waals surface area contributed by atoms with Crippen molar-refractivity contribution < 1.29 is 4.79 Å². The Kier molecular flexibility index (Phi) is 4.94. The topological polar surface area (TPSA) is 53.2 Å². The van der Waals surface area contributed by atoms with Crippen molar-refractivity contribution in [2.45, 2.75) is 40.8 Å².